The molecule has 0 aliphatic carbocycles. The number of nitrogens with zero attached hydrogens (tertiary/aromatic N) is 1. The Labute approximate surface area is 138 Å². The summed E-state index contributed by atoms with van der Waals surface area (Å²) in [6.45, 7) is 0.909. The molecule has 0 bridgehead atoms. The molecule has 0 unspecified atom stereocenters. The van der Waals surface area contributed by atoms with Gasteiger partial charge >= 0.3 is 0 Å². The van der Waals surface area contributed by atoms with Crippen LogP contribution in [0.1, 0.15) is 10.5 Å². The average molecular weight is 337 g/mol. The Balaban J connectivity index is 2.05. The SMILES string of the molecule is COCCNC(=O)c1csc(Nc2ccc(OC)cc2OC)n1. The van der Waals surface area contributed by atoms with Crippen molar-refractivity contribution in [3.8, 4) is 11.5 Å². The number of hydrogen-bond acceptors (Lipinski definition) is 7. The number of benzene rings is 1. The fourth-order valence-electron chi connectivity index (χ4n) is 1.81. The molecular formula is C15H19N3O4S. The van der Waals surface area contributed by atoms with Gasteiger partial charge in [0, 0.05) is 25.1 Å². The quantitative estimate of drug-likeness (QED) is 0.719. The molecule has 0 aliphatic heterocycles. The molecule has 1 aromatic carbocycles. The van der Waals surface area contributed by atoms with Crippen LogP contribution in [-0.2, 0) is 4.74 Å². The van der Waals surface area contributed by atoms with E-state index in [9.17, 15) is 4.79 Å². The molecule has 0 radical (unpaired) electrons. The minimum Gasteiger partial charge on any atom is -0.497 e. The summed E-state index contributed by atoms with van der Waals surface area (Å²) in [4.78, 5) is 16.2. The normalized spacial score (nSPS) is 10.2. The van der Waals surface area contributed by atoms with E-state index in [1.54, 1.807) is 32.8 Å². The lowest BCUT2D eigenvalue weighted by atomic mass is 10.3. The van der Waals surface area contributed by atoms with E-state index in [0.29, 0.717) is 35.5 Å². The monoisotopic (exact) mass is 337 g/mol. The van der Waals surface area contributed by atoms with Gasteiger partial charge in [-0.1, -0.05) is 0 Å². The summed E-state index contributed by atoms with van der Waals surface area (Å²) >= 11 is 1.34. The van der Waals surface area contributed by atoms with Crippen LogP contribution >= 0.6 is 11.3 Å². The number of carbonyl (C=O) groups excluding carboxylic acids is 1. The highest BCUT2D eigenvalue weighted by Gasteiger charge is 2.12. The van der Waals surface area contributed by atoms with E-state index in [1.165, 1.54) is 11.3 Å². The minimum absolute atomic E-state index is 0.229. The van der Waals surface area contributed by atoms with E-state index >= 15 is 0 Å². The molecule has 0 spiro atoms. The van der Waals surface area contributed by atoms with Gasteiger partial charge in [-0.05, 0) is 12.1 Å². The van der Waals surface area contributed by atoms with Crippen LogP contribution in [0.4, 0.5) is 10.8 Å². The van der Waals surface area contributed by atoms with Gasteiger partial charge in [0.15, 0.2) is 5.13 Å². The third-order valence-electron chi connectivity index (χ3n) is 2.98. The number of methoxy groups -OCH3 is 3. The Morgan fingerprint density at radius 1 is 1.26 bits per heavy atom. The number of rotatable bonds is 8. The van der Waals surface area contributed by atoms with Gasteiger partial charge in [0.25, 0.3) is 5.91 Å². The highest BCUT2D eigenvalue weighted by molar-refractivity contribution is 7.14. The summed E-state index contributed by atoms with van der Waals surface area (Å²) < 4.78 is 15.4. The molecule has 2 rings (SSSR count). The fraction of sp³-hybridized carbons (Fsp3) is 0.333. The summed E-state index contributed by atoms with van der Waals surface area (Å²) in [5, 5.41) is 8.16. The number of hydrogen-bond donors (Lipinski definition) is 2. The van der Waals surface area contributed by atoms with E-state index in [1.807, 2.05) is 12.1 Å². The summed E-state index contributed by atoms with van der Waals surface area (Å²) in [5.74, 6) is 1.10. The molecule has 23 heavy (non-hydrogen) atoms. The number of anilines is 2. The smallest absolute Gasteiger partial charge is 0.270 e. The number of amides is 1. The zero-order chi connectivity index (χ0) is 16.7. The zero-order valence-electron chi connectivity index (χ0n) is 13.2. The molecule has 1 amide bonds. The molecular weight excluding hydrogens is 318 g/mol. The first-order valence-corrected chi connectivity index (χ1v) is 7.77. The molecule has 0 atom stereocenters. The molecule has 7 nitrogen and oxygen atoms in total. The lowest BCUT2D eigenvalue weighted by Crippen LogP contribution is -2.27. The molecule has 0 fully saturated rings. The second kappa shape index (κ2) is 8.35. The second-order valence-corrected chi connectivity index (χ2v) is 5.34. The van der Waals surface area contributed by atoms with Crippen molar-refractivity contribution in [3.05, 3.63) is 29.3 Å². The summed E-state index contributed by atoms with van der Waals surface area (Å²) in [6.07, 6.45) is 0. The van der Waals surface area contributed by atoms with Crippen molar-refractivity contribution in [2.24, 2.45) is 0 Å². The Bertz CT molecular complexity index is 660. The highest BCUT2D eigenvalue weighted by Crippen LogP contribution is 2.32. The Kier molecular flexibility index (Phi) is 6.19. The van der Waals surface area contributed by atoms with Gasteiger partial charge in [-0.15, -0.1) is 11.3 Å². The van der Waals surface area contributed by atoms with Crippen molar-refractivity contribution in [2.45, 2.75) is 0 Å². The standard InChI is InChI=1S/C15H19N3O4S/c1-20-7-6-16-14(19)12-9-23-15(18-12)17-11-5-4-10(21-2)8-13(11)22-3/h4-5,8-9H,6-7H2,1-3H3,(H,16,19)(H,17,18). The van der Waals surface area contributed by atoms with Crippen LogP contribution in [0.2, 0.25) is 0 Å². The number of nitrogens with one attached hydrogen (secondary N) is 2. The van der Waals surface area contributed by atoms with Crippen molar-refractivity contribution in [2.75, 3.05) is 39.8 Å². The van der Waals surface area contributed by atoms with Crippen molar-refractivity contribution in [1.82, 2.24) is 10.3 Å². The lowest BCUT2D eigenvalue weighted by molar-refractivity contribution is 0.0933. The van der Waals surface area contributed by atoms with E-state index < -0.39 is 0 Å². The zero-order valence-corrected chi connectivity index (χ0v) is 14.0. The van der Waals surface area contributed by atoms with Gasteiger partial charge in [-0.2, -0.15) is 0 Å². The largest absolute Gasteiger partial charge is 0.497 e. The first kappa shape index (κ1) is 17.0. The molecule has 8 heteroatoms. The summed E-state index contributed by atoms with van der Waals surface area (Å²) in [7, 11) is 4.76. The van der Waals surface area contributed by atoms with E-state index in [0.717, 1.165) is 5.69 Å². The van der Waals surface area contributed by atoms with E-state index in [-0.39, 0.29) is 5.91 Å². The maximum absolute atomic E-state index is 11.9. The molecule has 1 heterocycles. The molecule has 2 aromatic rings. The van der Waals surface area contributed by atoms with E-state index in [4.69, 9.17) is 14.2 Å². The molecule has 1 aromatic heterocycles. The first-order valence-electron chi connectivity index (χ1n) is 6.89. The number of ether oxygens (including phenoxy) is 3. The fourth-order valence-corrected chi connectivity index (χ4v) is 2.51. The van der Waals surface area contributed by atoms with E-state index in [2.05, 4.69) is 15.6 Å². The maximum atomic E-state index is 11.9. The highest BCUT2D eigenvalue weighted by atomic mass is 32.1. The Hall–Kier alpha value is -2.32. The van der Waals surface area contributed by atoms with Crippen molar-refractivity contribution >= 4 is 28.1 Å². The lowest BCUT2D eigenvalue weighted by Gasteiger charge is -2.10. The van der Waals surface area contributed by atoms with Crippen molar-refractivity contribution in [1.29, 1.82) is 0 Å². The van der Waals surface area contributed by atoms with Gasteiger partial charge in [0.1, 0.15) is 17.2 Å². The van der Waals surface area contributed by atoms with Gasteiger partial charge in [-0.25, -0.2) is 4.98 Å². The van der Waals surface area contributed by atoms with Crippen LogP contribution in [0.3, 0.4) is 0 Å². The van der Waals surface area contributed by atoms with Crippen LogP contribution in [0, 0.1) is 0 Å². The minimum atomic E-state index is -0.229. The van der Waals surface area contributed by atoms with Gasteiger partial charge < -0.3 is 24.8 Å². The number of thiazole rings is 1. The first-order chi connectivity index (χ1) is 11.2. The predicted molar refractivity (Wildman–Crippen MR) is 89.2 cm³/mol. The predicted octanol–water partition coefficient (Wildman–Crippen LogP) is 2.28. The Morgan fingerprint density at radius 2 is 2.09 bits per heavy atom. The third kappa shape index (κ3) is 4.57. The summed E-state index contributed by atoms with van der Waals surface area (Å²) in [5.41, 5.74) is 1.11. The van der Waals surface area contributed by atoms with Gasteiger partial charge in [0.05, 0.1) is 26.5 Å². The maximum Gasteiger partial charge on any atom is 0.270 e. The van der Waals surface area contributed by atoms with Crippen molar-refractivity contribution < 1.29 is 19.0 Å². The van der Waals surface area contributed by atoms with Gasteiger partial charge in [-0.3, -0.25) is 4.79 Å². The molecule has 0 saturated heterocycles. The van der Waals surface area contributed by atoms with Crippen LogP contribution in [0.25, 0.3) is 0 Å². The topological polar surface area (TPSA) is 81.7 Å². The molecule has 0 aliphatic rings. The number of carbonyl (C=O) groups is 1. The van der Waals surface area contributed by atoms with Crippen molar-refractivity contribution in [3.63, 3.8) is 0 Å². The average Bonchev–Trinajstić information content (AvgIpc) is 3.04. The van der Waals surface area contributed by atoms with Crippen LogP contribution in [-0.4, -0.2) is 45.4 Å². The van der Waals surface area contributed by atoms with Crippen LogP contribution < -0.4 is 20.1 Å². The van der Waals surface area contributed by atoms with Crippen LogP contribution in [0.15, 0.2) is 23.6 Å². The summed E-state index contributed by atoms with van der Waals surface area (Å²) in [6, 6.07) is 5.42. The number of aromatic nitrogens is 1. The molecule has 2 N–H and O–H groups in total. The third-order valence-corrected chi connectivity index (χ3v) is 3.74. The Morgan fingerprint density at radius 3 is 2.78 bits per heavy atom. The molecule has 124 valence electrons. The van der Waals surface area contributed by atoms with Gasteiger partial charge in [0.2, 0.25) is 0 Å². The second-order valence-electron chi connectivity index (χ2n) is 4.48. The van der Waals surface area contributed by atoms with Crippen LogP contribution in [0.5, 0.6) is 11.5 Å². The molecule has 0 saturated carbocycles.